The lowest BCUT2D eigenvalue weighted by atomic mass is 10.0. The number of hydrogen-bond donors (Lipinski definition) is 2. The number of esters is 2. The van der Waals surface area contributed by atoms with E-state index in [0.717, 1.165) is 38.5 Å². The van der Waals surface area contributed by atoms with E-state index in [1.807, 2.05) is 0 Å². The van der Waals surface area contributed by atoms with E-state index in [-0.39, 0.29) is 32.0 Å². The van der Waals surface area contributed by atoms with Crippen LogP contribution < -0.4 is 5.32 Å². The van der Waals surface area contributed by atoms with Crippen LogP contribution in [0.15, 0.2) is 24.3 Å². The Kier molecular flexibility index (Phi) is 41.9. The van der Waals surface area contributed by atoms with Crippen LogP contribution >= 0.6 is 7.82 Å². The minimum absolute atomic E-state index is 0.0154. The maximum Gasteiger partial charge on any atom is 0.472 e. The molecule has 0 aromatic rings. The molecule has 2 unspecified atom stereocenters. The number of carbonyl (C=O) groups is 2. The topological polar surface area (TPSA) is 120 Å². The molecule has 0 spiro atoms. The molecule has 2 N–H and O–H groups in total. The van der Waals surface area contributed by atoms with Gasteiger partial charge in [0.25, 0.3) is 0 Å². The zero-order valence-corrected chi connectivity index (χ0v) is 37.5. The molecule has 0 aliphatic carbocycles. The SMILES string of the molecule is CCCCC/C=C\C/C=C\CCCCCCCCCCCC(=O)OCC(COP(=O)(O)OCCNC)OC(=O)CCCCCCCCCCCCCCCCC. The van der Waals surface area contributed by atoms with Crippen molar-refractivity contribution in [1.29, 1.82) is 0 Å². The van der Waals surface area contributed by atoms with Gasteiger partial charge >= 0.3 is 19.8 Å². The van der Waals surface area contributed by atoms with Gasteiger partial charge in [0.15, 0.2) is 6.10 Å². The maximum absolute atomic E-state index is 12.6. The summed E-state index contributed by atoms with van der Waals surface area (Å²) in [4.78, 5) is 35.1. The standard InChI is InChI=1S/C46H88NO8P/c1-4-6-8-10-12-14-16-18-20-21-22-23-25-26-28-30-32-34-36-38-45(48)52-42-44(43-54-56(50,51)53-41-40-47-3)55-46(49)39-37-35-33-31-29-27-24-19-17-15-13-11-9-7-5-2/h12,14,18,20,44,47H,4-11,13,15-17,19,21-43H2,1-3H3,(H,50,51)/b14-12-,20-18-. The quantitative estimate of drug-likeness (QED) is 0.0268. The van der Waals surface area contributed by atoms with Crippen molar-refractivity contribution in [2.24, 2.45) is 0 Å². The molecule has 0 bridgehead atoms. The van der Waals surface area contributed by atoms with E-state index >= 15 is 0 Å². The van der Waals surface area contributed by atoms with Crippen molar-refractivity contribution in [3.8, 4) is 0 Å². The van der Waals surface area contributed by atoms with Gasteiger partial charge in [0, 0.05) is 19.4 Å². The van der Waals surface area contributed by atoms with Gasteiger partial charge in [-0.05, 0) is 52.0 Å². The number of likely N-dealkylation sites (N-methyl/N-ethyl adjacent to an activating group) is 1. The fourth-order valence-electron chi connectivity index (χ4n) is 6.53. The Morgan fingerprint density at radius 1 is 0.554 bits per heavy atom. The lowest BCUT2D eigenvalue weighted by Gasteiger charge is -2.20. The molecule has 56 heavy (non-hydrogen) atoms. The van der Waals surface area contributed by atoms with Crippen LogP contribution in [0.5, 0.6) is 0 Å². The van der Waals surface area contributed by atoms with Crippen molar-refractivity contribution in [3.63, 3.8) is 0 Å². The number of phosphoric acid groups is 1. The smallest absolute Gasteiger partial charge is 0.462 e. The van der Waals surface area contributed by atoms with Gasteiger partial charge in [-0.15, -0.1) is 0 Å². The lowest BCUT2D eigenvalue weighted by Crippen LogP contribution is -2.29. The van der Waals surface area contributed by atoms with E-state index < -0.39 is 26.5 Å². The number of carbonyl (C=O) groups excluding carboxylic acids is 2. The summed E-state index contributed by atoms with van der Waals surface area (Å²) in [5, 5.41) is 2.83. The predicted octanol–water partition coefficient (Wildman–Crippen LogP) is 13.4. The highest BCUT2D eigenvalue weighted by atomic mass is 31.2. The number of nitrogens with one attached hydrogen (secondary N) is 1. The van der Waals surface area contributed by atoms with Gasteiger partial charge in [-0.3, -0.25) is 18.6 Å². The molecule has 0 rings (SSSR count). The fourth-order valence-corrected chi connectivity index (χ4v) is 7.28. The maximum atomic E-state index is 12.6. The van der Waals surface area contributed by atoms with Crippen LogP contribution in [0.1, 0.15) is 219 Å². The second-order valence-electron chi connectivity index (χ2n) is 15.6. The highest BCUT2D eigenvalue weighted by Gasteiger charge is 2.26. The van der Waals surface area contributed by atoms with Gasteiger partial charge in [-0.25, -0.2) is 4.57 Å². The average Bonchev–Trinajstić information content (AvgIpc) is 3.18. The Hall–Kier alpha value is -1.51. The van der Waals surface area contributed by atoms with Crippen LogP contribution in [0, 0.1) is 0 Å². The summed E-state index contributed by atoms with van der Waals surface area (Å²) >= 11 is 0. The van der Waals surface area contributed by atoms with Gasteiger partial charge in [-0.1, -0.05) is 186 Å². The van der Waals surface area contributed by atoms with Crippen molar-refractivity contribution in [2.45, 2.75) is 225 Å². The first kappa shape index (κ1) is 54.5. The number of unbranched alkanes of at least 4 members (excludes halogenated alkanes) is 26. The second kappa shape index (κ2) is 43.1. The number of hydrogen-bond acceptors (Lipinski definition) is 8. The van der Waals surface area contributed by atoms with Gasteiger partial charge in [0.2, 0.25) is 0 Å². The highest BCUT2D eigenvalue weighted by Crippen LogP contribution is 2.43. The third-order valence-electron chi connectivity index (χ3n) is 10.1. The van der Waals surface area contributed by atoms with Crippen LogP contribution in [0.25, 0.3) is 0 Å². The van der Waals surface area contributed by atoms with Gasteiger partial charge in [-0.2, -0.15) is 0 Å². The molecule has 0 heterocycles. The monoisotopic (exact) mass is 814 g/mol. The van der Waals surface area contributed by atoms with Crippen LogP contribution in [-0.2, 0) is 32.7 Å². The van der Waals surface area contributed by atoms with Gasteiger partial charge < -0.3 is 19.7 Å². The highest BCUT2D eigenvalue weighted by molar-refractivity contribution is 7.47. The minimum atomic E-state index is -4.35. The molecule has 2 atom stereocenters. The Labute approximate surface area is 344 Å². The summed E-state index contributed by atoms with van der Waals surface area (Å²) in [6.45, 7) is 4.23. The zero-order valence-electron chi connectivity index (χ0n) is 36.6. The summed E-state index contributed by atoms with van der Waals surface area (Å²) in [5.41, 5.74) is 0. The Morgan fingerprint density at radius 2 is 0.964 bits per heavy atom. The molecular formula is C46H88NO8P. The Balaban J connectivity index is 4.15. The second-order valence-corrected chi connectivity index (χ2v) is 17.0. The van der Waals surface area contributed by atoms with E-state index in [1.54, 1.807) is 7.05 Å². The normalized spacial score (nSPS) is 13.4. The number of ether oxygens (including phenoxy) is 2. The van der Waals surface area contributed by atoms with E-state index in [9.17, 15) is 19.0 Å². The van der Waals surface area contributed by atoms with Crippen molar-refractivity contribution in [2.75, 3.05) is 33.4 Å². The van der Waals surface area contributed by atoms with Gasteiger partial charge in [0.1, 0.15) is 6.61 Å². The van der Waals surface area contributed by atoms with Crippen LogP contribution in [0.2, 0.25) is 0 Å². The molecule has 9 nitrogen and oxygen atoms in total. The molecule has 0 saturated heterocycles. The summed E-state index contributed by atoms with van der Waals surface area (Å²) in [6, 6.07) is 0. The van der Waals surface area contributed by atoms with E-state index in [0.29, 0.717) is 13.0 Å². The molecule has 0 amide bonds. The van der Waals surface area contributed by atoms with Crippen molar-refractivity contribution >= 4 is 19.8 Å². The zero-order chi connectivity index (χ0) is 41.1. The third-order valence-corrected chi connectivity index (χ3v) is 11.1. The minimum Gasteiger partial charge on any atom is -0.462 e. The van der Waals surface area contributed by atoms with Crippen molar-refractivity contribution in [1.82, 2.24) is 5.32 Å². The summed E-state index contributed by atoms with van der Waals surface area (Å²) < 4.78 is 33.3. The van der Waals surface area contributed by atoms with E-state index in [2.05, 4.69) is 43.5 Å². The molecule has 10 heteroatoms. The van der Waals surface area contributed by atoms with Crippen LogP contribution in [0.4, 0.5) is 0 Å². The molecule has 330 valence electrons. The summed E-state index contributed by atoms with van der Waals surface area (Å²) in [7, 11) is -2.65. The molecule has 0 fully saturated rings. The first-order valence-electron chi connectivity index (χ1n) is 23.3. The van der Waals surface area contributed by atoms with Crippen molar-refractivity contribution < 1.29 is 37.6 Å². The van der Waals surface area contributed by atoms with Gasteiger partial charge in [0.05, 0.1) is 13.2 Å². The fraction of sp³-hybridized carbons (Fsp3) is 0.870. The predicted molar refractivity (Wildman–Crippen MR) is 234 cm³/mol. The first-order chi connectivity index (χ1) is 27.3. The number of allylic oxidation sites excluding steroid dienone is 4. The number of phosphoric ester groups is 1. The molecular weight excluding hydrogens is 725 g/mol. The van der Waals surface area contributed by atoms with Crippen molar-refractivity contribution in [3.05, 3.63) is 24.3 Å². The molecule has 0 aliphatic heterocycles. The average molecular weight is 814 g/mol. The Bertz CT molecular complexity index is 975. The largest absolute Gasteiger partial charge is 0.472 e. The molecule has 0 aromatic heterocycles. The van der Waals surface area contributed by atoms with E-state index in [4.69, 9.17) is 18.5 Å². The molecule has 0 aromatic carbocycles. The summed E-state index contributed by atoms with van der Waals surface area (Å²) in [5.74, 6) is -0.801. The van der Waals surface area contributed by atoms with Crippen LogP contribution in [-0.4, -0.2) is 56.3 Å². The Morgan fingerprint density at radius 3 is 1.45 bits per heavy atom. The third kappa shape index (κ3) is 42.1. The molecule has 0 saturated carbocycles. The molecule has 0 aliphatic rings. The lowest BCUT2D eigenvalue weighted by molar-refractivity contribution is -0.161. The number of rotatable bonds is 44. The van der Waals surface area contributed by atoms with E-state index in [1.165, 1.54) is 148 Å². The van der Waals surface area contributed by atoms with Crippen LogP contribution in [0.3, 0.4) is 0 Å². The molecule has 0 radical (unpaired) electrons. The summed E-state index contributed by atoms with van der Waals surface area (Å²) in [6.07, 6.45) is 45.0. The first-order valence-corrected chi connectivity index (χ1v) is 24.8.